The molecule has 0 bridgehead atoms. The van der Waals surface area contributed by atoms with Crippen LogP contribution in [0.3, 0.4) is 0 Å². The zero-order chi connectivity index (χ0) is 14.5. The molecule has 0 radical (unpaired) electrons. The lowest BCUT2D eigenvalue weighted by molar-refractivity contribution is 0.415. The molecule has 0 amide bonds. The number of azo groups is 1. The Balaban J connectivity index is 2.26. The average molecular weight is 271 g/mol. The number of nitrogens with two attached hydrogens (primary N) is 1. The van der Waals surface area contributed by atoms with Crippen molar-refractivity contribution in [2.45, 2.75) is 6.92 Å². The van der Waals surface area contributed by atoms with E-state index >= 15 is 0 Å². The summed E-state index contributed by atoms with van der Waals surface area (Å²) in [5, 5.41) is 8.42. The van der Waals surface area contributed by atoms with E-state index in [1.54, 1.807) is 20.3 Å². The first kappa shape index (κ1) is 13.9. The maximum absolute atomic E-state index is 5.83. The first-order valence-corrected chi connectivity index (χ1v) is 6.14. The van der Waals surface area contributed by atoms with Crippen LogP contribution in [-0.4, -0.2) is 14.2 Å². The SMILES string of the molecule is COc1ccc(/N=N/c2cc(OC)c(N)cc2C)cc1. The van der Waals surface area contributed by atoms with Crippen LogP contribution in [0.5, 0.6) is 11.5 Å². The van der Waals surface area contributed by atoms with Gasteiger partial charge in [0.2, 0.25) is 0 Å². The van der Waals surface area contributed by atoms with E-state index in [0.29, 0.717) is 11.4 Å². The number of aryl methyl sites for hydroxylation is 1. The van der Waals surface area contributed by atoms with Crippen molar-refractivity contribution in [1.82, 2.24) is 0 Å². The lowest BCUT2D eigenvalue weighted by Gasteiger charge is -2.07. The van der Waals surface area contributed by atoms with Crippen molar-refractivity contribution in [2.24, 2.45) is 10.2 Å². The molecule has 0 aliphatic rings. The number of hydrogen-bond acceptors (Lipinski definition) is 5. The predicted molar refractivity (Wildman–Crippen MR) is 79.3 cm³/mol. The van der Waals surface area contributed by atoms with Gasteiger partial charge in [-0.05, 0) is 42.8 Å². The second kappa shape index (κ2) is 6.06. The Morgan fingerprint density at radius 2 is 1.65 bits per heavy atom. The number of rotatable bonds is 4. The highest BCUT2D eigenvalue weighted by atomic mass is 16.5. The monoisotopic (exact) mass is 271 g/mol. The van der Waals surface area contributed by atoms with E-state index in [2.05, 4.69) is 10.2 Å². The number of nitrogen functional groups attached to an aromatic ring is 1. The molecule has 2 aromatic carbocycles. The van der Waals surface area contributed by atoms with Gasteiger partial charge in [0.25, 0.3) is 0 Å². The van der Waals surface area contributed by atoms with Crippen LogP contribution in [0, 0.1) is 6.92 Å². The van der Waals surface area contributed by atoms with Gasteiger partial charge in [-0.2, -0.15) is 10.2 Å². The molecule has 0 saturated heterocycles. The molecule has 0 unspecified atom stereocenters. The number of methoxy groups -OCH3 is 2. The molecule has 0 saturated carbocycles. The fourth-order valence-electron chi connectivity index (χ4n) is 1.74. The molecule has 0 aromatic heterocycles. The fraction of sp³-hybridized carbons (Fsp3) is 0.200. The molecule has 5 heteroatoms. The number of hydrogen-bond donors (Lipinski definition) is 1. The van der Waals surface area contributed by atoms with E-state index in [9.17, 15) is 0 Å². The molecule has 2 rings (SSSR count). The van der Waals surface area contributed by atoms with Crippen LogP contribution in [0.4, 0.5) is 17.1 Å². The van der Waals surface area contributed by atoms with Crippen molar-refractivity contribution in [3.8, 4) is 11.5 Å². The minimum absolute atomic E-state index is 0.591. The van der Waals surface area contributed by atoms with Crippen molar-refractivity contribution >= 4 is 17.1 Å². The van der Waals surface area contributed by atoms with Gasteiger partial charge < -0.3 is 15.2 Å². The largest absolute Gasteiger partial charge is 0.497 e. The summed E-state index contributed by atoms with van der Waals surface area (Å²) in [5.74, 6) is 1.38. The van der Waals surface area contributed by atoms with Crippen molar-refractivity contribution in [2.75, 3.05) is 20.0 Å². The van der Waals surface area contributed by atoms with Gasteiger partial charge >= 0.3 is 0 Å². The van der Waals surface area contributed by atoms with Gasteiger partial charge in [0.05, 0.1) is 31.3 Å². The number of ether oxygens (including phenoxy) is 2. The second-order valence-electron chi connectivity index (χ2n) is 4.28. The molecule has 2 N–H and O–H groups in total. The first-order chi connectivity index (χ1) is 9.63. The van der Waals surface area contributed by atoms with Crippen LogP contribution in [-0.2, 0) is 0 Å². The Kier molecular flexibility index (Phi) is 4.20. The molecule has 5 nitrogen and oxygen atoms in total. The van der Waals surface area contributed by atoms with Crippen molar-refractivity contribution in [1.29, 1.82) is 0 Å². The van der Waals surface area contributed by atoms with Gasteiger partial charge in [-0.15, -0.1) is 0 Å². The van der Waals surface area contributed by atoms with Crippen molar-refractivity contribution < 1.29 is 9.47 Å². The second-order valence-corrected chi connectivity index (χ2v) is 4.28. The minimum atomic E-state index is 0.591. The summed E-state index contributed by atoms with van der Waals surface area (Å²) < 4.78 is 10.3. The topological polar surface area (TPSA) is 69.2 Å². The van der Waals surface area contributed by atoms with E-state index < -0.39 is 0 Å². The Morgan fingerprint density at radius 1 is 0.950 bits per heavy atom. The predicted octanol–water partition coefficient (Wildman–Crippen LogP) is 4.01. The van der Waals surface area contributed by atoms with Gasteiger partial charge in [-0.25, -0.2) is 0 Å². The normalized spacial score (nSPS) is 10.8. The molecule has 104 valence electrons. The van der Waals surface area contributed by atoms with Crippen LogP contribution in [0.2, 0.25) is 0 Å². The highest BCUT2D eigenvalue weighted by molar-refractivity contribution is 5.63. The van der Waals surface area contributed by atoms with E-state index in [-0.39, 0.29) is 0 Å². The summed E-state index contributed by atoms with van der Waals surface area (Å²) in [7, 11) is 3.20. The molecule has 0 spiro atoms. The van der Waals surface area contributed by atoms with Gasteiger partial charge in [-0.3, -0.25) is 0 Å². The molecule has 2 aromatic rings. The van der Waals surface area contributed by atoms with E-state index in [1.807, 2.05) is 37.3 Å². The number of nitrogens with zero attached hydrogens (tertiary/aromatic N) is 2. The molecule has 0 aliphatic heterocycles. The van der Waals surface area contributed by atoms with Crippen LogP contribution in [0.15, 0.2) is 46.6 Å². The van der Waals surface area contributed by atoms with Crippen LogP contribution < -0.4 is 15.2 Å². The summed E-state index contributed by atoms with van der Waals surface area (Å²) in [6.07, 6.45) is 0. The summed E-state index contributed by atoms with van der Waals surface area (Å²) in [5.41, 5.74) is 8.84. The van der Waals surface area contributed by atoms with Gasteiger partial charge in [0.15, 0.2) is 0 Å². The van der Waals surface area contributed by atoms with Gasteiger partial charge in [0.1, 0.15) is 11.5 Å². The van der Waals surface area contributed by atoms with E-state index in [1.165, 1.54) is 0 Å². The third-order valence-electron chi connectivity index (χ3n) is 2.89. The van der Waals surface area contributed by atoms with Gasteiger partial charge in [0, 0.05) is 6.07 Å². The summed E-state index contributed by atoms with van der Waals surface area (Å²) in [4.78, 5) is 0. The highest BCUT2D eigenvalue weighted by Gasteiger charge is 2.04. The van der Waals surface area contributed by atoms with Crippen LogP contribution in [0.25, 0.3) is 0 Å². The Morgan fingerprint density at radius 3 is 2.25 bits per heavy atom. The lowest BCUT2D eigenvalue weighted by Crippen LogP contribution is -1.92. The smallest absolute Gasteiger partial charge is 0.143 e. The zero-order valence-corrected chi connectivity index (χ0v) is 11.8. The summed E-state index contributed by atoms with van der Waals surface area (Å²) in [6, 6.07) is 11.0. The molecular weight excluding hydrogens is 254 g/mol. The van der Waals surface area contributed by atoms with E-state index in [4.69, 9.17) is 15.2 Å². The number of benzene rings is 2. The van der Waals surface area contributed by atoms with Crippen molar-refractivity contribution in [3.63, 3.8) is 0 Å². The summed E-state index contributed by atoms with van der Waals surface area (Å²) >= 11 is 0. The van der Waals surface area contributed by atoms with Crippen molar-refractivity contribution in [3.05, 3.63) is 42.0 Å². The molecular formula is C15H17N3O2. The molecule has 0 atom stereocenters. The third kappa shape index (κ3) is 3.06. The van der Waals surface area contributed by atoms with Crippen LogP contribution >= 0.6 is 0 Å². The summed E-state index contributed by atoms with van der Waals surface area (Å²) in [6.45, 7) is 1.93. The number of anilines is 1. The average Bonchev–Trinajstić information content (AvgIpc) is 2.47. The molecule has 0 aliphatic carbocycles. The quantitative estimate of drug-likeness (QED) is 0.674. The fourth-order valence-corrected chi connectivity index (χ4v) is 1.74. The third-order valence-corrected chi connectivity index (χ3v) is 2.89. The highest BCUT2D eigenvalue weighted by Crippen LogP contribution is 2.31. The molecule has 0 fully saturated rings. The van der Waals surface area contributed by atoms with Gasteiger partial charge in [-0.1, -0.05) is 0 Å². The maximum atomic E-state index is 5.83. The lowest BCUT2D eigenvalue weighted by atomic mass is 10.1. The first-order valence-electron chi connectivity index (χ1n) is 6.14. The zero-order valence-electron chi connectivity index (χ0n) is 11.8. The Bertz CT molecular complexity index is 622. The van der Waals surface area contributed by atoms with E-state index in [0.717, 1.165) is 22.7 Å². The molecule has 20 heavy (non-hydrogen) atoms. The standard InChI is InChI=1S/C15H17N3O2/c1-10-8-13(16)15(20-3)9-14(10)18-17-11-4-6-12(19-2)7-5-11/h4-9H,16H2,1-3H3/b18-17+. The molecule has 0 heterocycles. The Labute approximate surface area is 118 Å². The maximum Gasteiger partial charge on any atom is 0.143 e. The van der Waals surface area contributed by atoms with Crippen LogP contribution in [0.1, 0.15) is 5.56 Å². The minimum Gasteiger partial charge on any atom is -0.497 e. The Hall–Kier alpha value is -2.56.